The molecule has 0 bridgehead atoms. The molecule has 1 aliphatic rings. The predicted octanol–water partition coefficient (Wildman–Crippen LogP) is 3.12. The minimum Gasteiger partial charge on any atom is -0.341 e. The van der Waals surface area contributed by atoms with Gasteiger partial charge in [-0.25, -0.2) is 0 Å². The van der Waals surface area contributed by atoms with Gasteiger partial charge in [0.15, 0.2) is 0 Å². The fourth-order valence-corrected chi connectivity index (χ4v) is 3.11. The number of carbonyl (C=O) groups excluding carboxylic acids is 3. The number of benzene rings is 1. The van der Waals surface area contributed by atoms with E-state index >= 15 is 0 Å². The minimum absolute atomic E-state index is 0.133. The maximum Gasteiger partial charge on any atom is 0.261 e. The molecule has 0 spiro atoms. The van der Waals surface area contributed by atoms with E-state index in [0.29, 0.717) is 30.1 Å². The fraction of sp³-hybridized carbons (Fsp3) is 0.500. The van der Waals surface area contributed by atoms with E-state index in [-0.39, 0.29) is 18.2 Å². The first-order valence-electron chi connectivity index (χ1n) is 8.40. The Morgan fingerprint density at radius 3 is 2.29 bits per heavy atom. The van der Waals surface area contributed by atoms with Crippen LogP contribution in [0.3, 0.4) is 0 Å². The van der Waals surface area contributed by atoms with Crippen LogP contribution in [-0.4, -0.2) is 46.7 Å². The van der Waals surface area contributed by atoms with Gasteiger partial charge >= 0.3 is 0 Å². The second-order valence-electron chi connectivity index (χ2n) is 5.96. The topological polar surface area (TPSA) is 57.7 Å². The molecule has 0 N–H and O–H groups in total. The molecule has 24 heavy (non-hydrogen) atoms. The van der Waals surface area contributed by atoms with Gasteiger partial charge in [0, 0.05) is 30.1 Å². The van der Waals surface area contributed by atoms with Crippen LogP contribution in [0, 0.1) is 0 Å². The summed E-state index contributed by atoms with van der Waals surface area (Å²) in [6.45, 7) is 5.29. The van der Waals surface area contributed by atoms with Gasteiger partial charge in [-0.15, -0.1) is 0 Å². The van der Waals surface area contributed by atoms with Crippen molar-refractivity contribution in [3.8, 4) is 0 Å². The van der Waals surface area contributed by atoms with E-state index in [1.165, 1.54) is 0 Å². The summed E-state index contributed by atoms with van der Waals surface area (Å²) < 4.78 is 0. The molecule has 1 aromatic carbocycles. The summed E-state index contributed by atoms with van der Waals surface area (Å²) in [7, 11) is 0. The van der Waals surface area contributed by atoms with Crippen molar-refractivity contribution in [2.24, 2.45) is 0 Å². The van der Waals surface area contributed by atoms with E-state index < -0.39 is 11.9 Å². The van der Waals surface area contributed by atoms with Crippen LogP contribution in [0.4, 0.5) is 0 Å². The van der Waals surface area contributed by atoms with Crippen LogP contribution in [0.25, 0.3) is 0 Å². The molecular formula is C18H23ClN2O3. The zero-order chi connectivity index (χ0) is 17.7. The Morgan fingerprint density at radius 1 is 1.17 bits per heavy atom. The first kappa shape index (κ1) is 18.5. The highest BCUT2D eigenvalue weighted by Gasteiger charge is 2.41. The lowest BCUT2D eigenvalue weighted by Gasteiger charge is -2.29. The molecular weight excluding hydrogens is 328 g/mol. The van der Waals surface area contributed by atoms with Gasteiger partial charge in [-0.2, -0.15) is 0 Å². The van der Waals surface area contributed by atoms with Crippen LogP contribution in [0.15, 0.2) is 24.3 Å². The Balaban J connectivity index is 2.23. The van der Waals surface area contributed by atoms with Crippen molar-refractivity contribution in [1.29, 1.82) is 0 Å². The van der Waals surface area contributed by atoms with Crippen molar-refractivity contribution in [2.45, 2.75) is 45.6 Å². The number of hydrogen-bond donors (Lipinski definition) is 0. The van der Waals surface area contributed by atoms with Gasteiger partial charge < -0.3 is 4.90 Å². The molecule has 1 aliphatic heterocycles. The number of halogens is 1. The molecule has 0 radical (unpaired) electrons. The molecule has 2 rings (SSSR count). The highest BCUT2D eigenvalue weighted by Crippen LogP contribution is 2.24. The maximum atomic E-state index is 12.8. The quantitative estimate of drug-likeness (QED) is 0.741. The predicted molar refractivity (Wildman–Crippen MR) is 92.8 cm³/mol. The van der Waals surface area contributed by atoms with Gasteiger partial charge in [0.2, 0.25) is 11.8 Å². The van der Waals surface area contributed by atoms with E-state index in [1.54, 1.807) is 29.2 Å². The number of carbonyl (C=O) groups is 3. The normalized spacial score (nSPS) is 17.2. The molecule has 1 fully saturated rings. The molecule has 1 aromatic rings. The highest BCUT2D eigenvalue weighted by atomic mass is 35.5. The van der Waals surface area contributed by atoms with E-state index in [0.717, 1.165) is 17.7 Å². The smallest absolute Gasteiger partial charge is 0.261 e. The van der Waals surface area contributed by atoms with E-state index in [9.17, 15) is 14.4 Å². The molecule has 0 unspecified atom stereocenters. The molecule has 0 aliphatic carbocycles. The molecule has 6 heteroatoms. The molecule has 1 saturated heterocycles. The van der Waals surface area contributed by atoms with Crippen molar-refractivity contribution in [1.82, 2.24) is 9.80 Å². The average Bonchev–Trinajstić information content (AvgIpc) is 2.95. The van der Waals surface area contributed by atoms with Crippen molar-refractivity contribution < 1.29 is 14.4 Å². The standard InChI is InChI=1S/C18H23ClN2O3/c1-3-11-20(12-4-2)18(24)15-9-10-16(22)21(15)17(23)13-5-7-14(19)8-6-13/h5-8,15H,3-4,9-12H2,1-2H3/t15-/m1/s1. The largest absolute Gasteiger partial charge is 0.341 e. The summed E-state index contributed by atoms with van der Waals surface area (Å²) in [4.78, 5) is 40.6. The van der Waals surface area contributed by atoms with Gasteiger partial charge in [0.25, 0.3) is 5.91 Å². The number of rotatable bonds is 6. The number of hydrogen-bond acceptors (Lipinski definition) is 3. The number of imide groups is 1. The third-order valence-electron chi connectivity index (χ3n) is 4.11. The third-order valence-corrected chi connectivity index (χ3v) is 4.36. The Labute approximate surface area is 147 Å². The zero-order valence-corrected chi connectivity index (χ0v) is 14.9. The van der Waals surface area contributed by atoms with Gasteiger partial charge in [-0.05, 0) is 43.5 Å². The van der Waals surface area contributed by atoms with Gasteiger partial charge in [0.05, 0.1) is 0 Å². The zero-order valence-electron chi connectivity index (χ0n) is 14.1. The van der Waals surface area contributed by atoms with Crippen LogP contribution < -0.4 is 0 Å². The number of amides is 3. The summed E-state index contributed by atoms with van der Waals surface area (Å²) >= 11 is 5.84. The molecule has 3 amide bonds. The van der Waals surface area contributed by atoms with Crippen LogP contribution in [0.2, 0.25) is 5.02 Å². The maximum absolute atomic E-state index is 12.8. The van der Waals surface area contributed by atoms with E-state index in [4.69, 9.17) is 11.6 Å². The Bertz CT molecular complexity index is 609. The van der Waals surface area contributed by atoms with Crippen molar-refractivity contribution >= 4 is 29.3 Å². The third kappa shape index (κ3) is 3.96. The lowest BCUT2D eigenvalue weighted by molar-refractivity contribution is -0.139. The molecule has 0 aromatic heterocycles. The first-order chi connectivity index (χ1) is 11.5. The van der Waals surface area contributed by atoms with E-state index in [1.807, 2.05) is 13.8 Å². The molecule has 130 valence electrons. The van der Waals surface area contributed by atoms with Crippen LogP contribution in [-0.2, 0) is 9.59 Å². The molecule has 0 saturated carbocycles. The second kappa shape index (κ2) is 8.29. The minimum atomic E-state index is -0.696. The van der Waals surface area contributed by atoms with Crippen molar-refractivity contribution in [3.05, 3.63) is 34.9 Å². The van der Waals surface area contributed by atoms with Crippen LogP contribution >= 0.6 is 11.6 Å². The van der Waals surface area contributed by atoms with Crippen molar-refractivity contribution in [3.63, 3.8) is 0 Å². The molecule has 1 heterocycles. The lowest BCUT2D eigenvalue weighted by Crippen LogP contribution is -2.49. The highest BCUT2D eigenvalue weighted by molar-refractivity contribution is 6.30. The molecule has 5 nitrogen and oxygen atoms in total. The lowest BCUT2D eigenvalue weighted by atomic mass is 10.1. The van der Waals surface area contributed by atoms with Gasteiger partial charge in [0.1, 0.15) is 6.04 Å². The first-order valence-corrected chi connectivity index (χ1v) is 8.78. The monoisotopic (exact) mass is 350 g/mol. The van der Waals surface area contributed by atoms with Crippen LogP contribution in [0.1, 0.15) is 49.9 Å². The summed E-state index contributed by atoms with van der Waals surface area (Å²) in [6.07, 6.45) is 2.30. The Morgan fingerprint density at radius 2 is 1.75 bits per heavy atom. The van der Waals surface area contributed by atoms with Gasteiger partial charge in [-0.3, -0.25) is 19.3 Å². The summed E-state index contributed by atoms with van der Waals surface area (Å²) in [5, 5.41) is 0.518. The summed E-state index contributed by atoms with van der Waals surface area (Å²) in [5.41, 5.74) is 0.366. The average molecular weight is 351 g/mol. The Hall–Kier alpha value is -1.88. The van der Waals surface area contributed by atoms with E-state index in [2.05, 4.69) is 0 Å². The second-order valence-corrected chi connectivity index (χ2v) is 6.39. The van der Waals surface area contributed by atoms with Gasteiger partial charge in [-0.1, -0.05) is 25.4 Å². The van der Waals surface area contributed by atoms with Crippen molar-refractivity contribution in [2.75, 3.05) is 13.1 Å². The number of nitrogens with zero attached hydrogens (tertiary/aromatic N) is 2. The summed E-state index contributed by atoms with van der Waals surface area (Å²) in [5.74, 6) is -0.853. The van der Waals surface area contributed by atoms with Crippen LogP contribution in [0.5, 0.6) is 0 Å². The summed E-state index contributed by atoms with van der Waals surface area (Å²) in [6, 6.07) is 5.67. The SMILES string of the molecule is CCCN(CCC)C(=O)[C@H]1CCC(=O)N1C(=O)c1ccc(Cl)cc1. The molecule has 1 atom stereocenters. The fourth-order valence-electron chi connectivity index (χ4n) is 2.99. The number of likely N-dealkylation sites (tertiary alicyclic amines) is 1. The Kier molecular flexibility index (Phi) is 6.37.